The van der Waals surface area contributed by atoms with E-state index in [4.69, 9.17) is 9.26 Å². The normalized spacial score (nSPS) is 11.4. The van der Waals surface area contributed by atoms with Crippen LogP contribution < -0.4 is 9.46 Å². The molecule has 0 aliphatic carbocycles. The fourth-order valence-corrected chi connectivity index (χ4v) is 4.16. The number of aromatic nitrogens is 4. The zero-order chi connectivity index (χ0) is 20.4. The smallest absolute Gasteiger partial charge is 0.267 e. The topological polar surface area (TPSA) is 112 Å². The SMILES string of the molecule is Cc1noc(C)c1S(=O)(=O)Nc1ccc(Oc2ccc(-n3cccc3)nn2)cc1. The summed E-state index contributed by atoms with van der Waals surface area (Å²) in [7, 11) is -3.80. The van der Waals surface area contributed by atoms with E-state index in [1.165, 1.54) is 0 Å². The third kappa shape index (κ3) is 3.97. The monoisotopic (exact) mass is 411 g/mol. The summed E-state index contributed by atoms with van der Waals surface area (Å²) in [4.78, 5) is 0.0379. The molecule has 0 bridgehead atoms. The maximum atomic E-state index is 12.5. The number of ether oxygens (including phenoxy) is 1. The lowest BCUT2D eigenvalue weighted by Gasteiger charge is -2.09. The number of anilines is 1. The standard InChI is InChI=1S/C19H17N5O4S/c1-13-19(14(2)28-22-13)29(25,26)23-15-5-7-16(8-6-15)27-18-10-9-17(20-21-18)24-11-3-4-12-24/h3-12,23H,1-2H3. The third-order valence-electron chi connectivity index (χ3n) is 4.06. The van der Waals surface area contributed by atoms with Crippen molar-refractivity contribution in [1.29, 1.82) is 0 Å². The molecule has 0 aliphatic rings. The van der Waals surface area contributed by atoms with E-state index in [1.54, 1.807) is 50.2 Å². The number of sulfonamides is 1. The molecule has 0 radical (unpaired) electrons. The highest BCUT2D eigenvalue weighted by Gasteiger charge is 2.24. The van der Waals surface area contributed by atoms with E-state index < -0.39 is 10.0 Å². The molecule has 0 saturated carbocycles. The van der Waals surface area contributed by atoms with Gasteiger partial charge in [0.15, 0.2) is 16.5 Å². The van der Waals surface area contributed by atoms with E-state index in [9.17, 15) is 8.42 Å². The Kier molecular flexibility index (Phi) is 4.77. The van der Waals surface area contributed by atoms with Crippen LogP contribution >= 0.6 is 0 Å². The predicted octanol–water partition coefficient (Wildman–Crippen LogP) is 3.47. The molecule has 10 heteroatoms. The Balaban J connectivity index is 1.45. The molecule has 3 heterocycles. The van der Waals surface area contributed by atoms with E-state index in [1.807, 2.05) is 29.1 Å². The number of aryl methyl sites for hydroxylation is 2. The van der Waals surface area contributed by atoms with Gasteiger partial charge in [0, 0.05) is 24.1 Å². The van der Waals surface area contributed by atoms with E-state index >= 15 is 0 Å². The van der Waals surface area contributed by atoms with Crippen LogP contribution in [0.4, 0.5) is 5.69 Å². The molecule has 4 rings (SSSR count). The van der Waals surface area contributed by atoms with Crippen LogP contribution in [-0.2, 0) is 10.0 Å². The fourth-order valence-electron chi connectivity index (χ4n) is 2.77. The van der Waals surface area contributed by atoms with Gasteiger partial charge in [0.05, 0.1) is 0 Å². The highest BCUT2D eigenvalue weighted by molar-refractivity contribution is 7.92. The first-order valence-electron chi connectivity index (χ1n) is 8.63. The van der Waals surface area contributed by atoms with Gasteiger partial charge < -0.3 is 13.8 Å². The first-order valence-corrected chi connectivity index (χ1v) is 10.1. The summed E-state index contributed by atoms with van der Waals surface area (Å²) in [6, 6.07) is 13.7. The van der Waals surface area contributed by atoms with Crippen LogP contribution in [0.15, 0.2) is 70.3 Å². The molecule has 3 aromatic heterocycles. The van der Waals surface area contributed by atoms with Crippen LogP contribution in [-0.4, -0.2) is 28.3 Å². The van der Waals surface area contributed by atoms with Crippen molar-refractivity contribution in [3.63, 3.8) is 0 Å². The molecule has 29 heavy (non-hydrogen) atoms. The van der Waals surface area contributed by atoms with Gasteiger partial charge in [-0.25, -0.2) is 8.42 Å². The number of hydrogen-bond donors (Lipinski definition) is 1. The van der Waals surface area contributed by atoms with Crippen LogP contribution in [0.2, 0.25) is 0 Å². The summed E-state index contributed by atoms with van der Waals surface area (Å²) in [5, 5.41) is 11.8. The van der Waals surface area contributed by atoms with Gasteiger partial charge in [-0.3, -0.25) is 4.72 Å². The van der Waals surface area contributed by atoms with E-state index in [-0.39, 0.29) is 10.7 Å². The molecule has 1 N–H and O–H groups in total. The minimum absolute atomic E-state index is 0.0379. The summed E-state index contributed by atoms with van der Waals surface area (Å²) >= 11 is 0. The molecule has 0 unspecified atom stereocenters. The number of benzene rings is 1. The number of hydrogen-bond acceptors (Lipinski definition) is 7. The second-order valence-corrected chi connectivity index (χ2v) is 7.82. The molecule has 0 fully saturated rings. The van der Waals surface area contributed by atoms with Crippen molar-refractivity contribution < 1.29 is 17.7 Å². The number of nitrogens with zero attached hydrogens (tertiary/aromatic N) is 4. The predicted molar refractivity (Wildman–Crippen MR) is 105 cm³/mol. The number of rotatable bonds is 6. The molecular formula is C19H17N5O4S. The zero-order valence-corrected chi connectivity index (χ0v) is 16.4. The van der Waals surface area contributed by atoms with Crippen molar-refractivity contribution in [3.05, 3.63) is 72.4 Å². The van der Waals surface area contributed by atoms with Crippen molar-refractivity contribution in [2.45, 2.75) is 18.7 Å². The van der Waals surface area contributed by atoms with E-state index in [2.05, 4.69) is 20.1 Å². The fraction of sp³-hybridized carbons (Fsp3) is 0.105. The van der Waals surface area contributed by atoms with Gasteiger partial charge in [0.1, 0.15) is 11.4 Å². The van der Waals surface area contributed by atoms with Crippen molar-refractivity contribution in [2.24, 2.45) is 0 Å². The van der Waals surface area contributed by atoms with Gasteiger partial charge in [-0.1, -0.05) is 5.16 Å². The van der Waals surface area contributed by atoms with Gasteiger partial charge in [0.2, 0.25) is 5.88 Å². The molecule has 0 spiro atoms. The lowest BCUT2D eigenvalue weighted by Crippen LogP contribution is -2.14. The molecule has 4 aromatic rings. The molecule has 0 aliphatic heterocycles. The summed E-state index contributed by atoms with van der Waals surface area (Å²) in [5.41, 5.74) is 0.684. The Bertz CT molecular complexity index is 1200. The Morgan fingerprint density at radius 2 is 1.72 bits per heavy atom. The van der Waals surface area contributed by atoms with Crippen molar-refractivity contribution in [2.75, 3.05) is 4.72 Å². The molecular weight excluding hydrogens is 394 g/mol. The molecule has 148 valence electrons. The quantitative estimate of drug-likeness (QED) is 0.517. The maximum Gasteiger partial charge on any atom is 0.267 e. The highest BCUT2D eigenvalue weighted by atomic mass is 32.2. The second-order valence-electron chi connectivity index (χ2n) is 6.21. The maximum absolute atomic E-state index is 12.5. The van der Waals surface area contributed by atoms with E-state index in [0.29, 0.717) is 28.8 Å². The number of nitrogens with one attached hydrogen (secondary N) is 1. The van der Waals surface area contributed by atoms with Crippen LogP contribution in [0.25, 0.3) is 5.82 Å². The molecule has 1 aromatic carbocycles. The third-order valence-corrected chi connectivity index (χ3v) is 5.69. The van der Waals surface area contributed by atoms with Crippen LogP contribution in [0.3, 0.4) is 0 Å². The molecule has 0 atom stereocenters. The van der Waals surface area contributed by atoms with Gasteiger partial charge in [0.25, 0.3) is 10.0 Å². The second kappa shape index (κ2) is 7.40. The van der Waals surface area contributed by atoms with Gasteiger partial charge in [-0.15, -0.1) is 10.2 Å². The van der Waals surface area contributed by atoms with Crippen molar-refractivity contribution in [1.82, 2.24) is 19.9 Å². The Hall–Kier alpha value is -3.66. The van der Waals surface area contributed by atoms with E-state index in [0.717, 1.165) is 0 Å². The first-order chi connectivity index (χ1) is 13.9. The largest absolute Gasteiger partial charge is 0.438 e. The zero-order valence-electron chi connectivity index (χ0n) is 15.6. The van der Waals surface area contributed by atoms with Crippen LogP contribution in [0, 0.1) is 13.8 Å². The summed E-state index contributed by atoms with van der Waals surface area (Å²) in [6.07, 6.45) is 3.74. The Morgan fingerprint density at radius 3 is 2.31 bits per heavy atom. The van der Waals surface area contributed by atoms with Crippen molar-refractivity contribution >= 4 is 15.7 Å². The first kappa shape index (κ1) is 18.7. The lowest BCUT2D eigenvalue weighted by molar-refractivity contribution is 0.390. The average Bonchev–Trinajstić information content (AvgIpc) is 3.34. The molecule has 9 nitrogen and oxygen atoms in total. The Morgan fingerprint density at radius 1 is 1.00 bits per heavy atom. The minimum Gasteiger partial charge on any atom is -0.438 e. The van der Waals surface area contributed by atoms with Crippen LogP contribution in [0.1, 0.15) is 11.5 Å². The molecule has 0 amide bonds. The minimum atomic E-state index is -3.80. The van der Waals surface area contributed by atoms with Crippen molar-refractivity contribution in [3.8, 4) is 17.4 Å². The summed E-state index contributed by atoms with van der Waals surface area (Å²) < 4.78 is 40.0. The average molecular weight is 411 g/mol. The van der Waals surface area contributed by atoms with Crippen LogP contribution in [0.5, 0.6) is 11.6 Å². The summed E-state index contributed by atoms with van der Waals surface area (Å²) in [6.45, 7) is 3.12. The van der Waals surface area contributed by atoms with Gasteiger partial charge >= 0.3 is 0 Å². The Labute approximate surface area is 167 Å². The highest BCUT2D eigenvalue weighted by Crippen LogP contribution is 2.25. The van der Waals surface area contributed by atoms with Gasteiger partial charge in [-0.2, -0.15) is 0 Å². The molecule has 0 saturated heterocycles. The summed E-state index contributed by atoms with van der Waals surface area (Å²) in [5.74, 6) is 1.72. The van der Waals surface area contributed by atoms with Gasteiger partial charge in [-0.05, 0) is 56.3 Å². The lowest BCUT2D eigenvalue weighted by atomic mass is 10.3.